The Hall–Kier alpha value is -2.42. The van der Waals surface area contributed by atoms with Crippen molar-refractivity contribution in [1.29, 1.82) is 0 Å². The molecular formula is C18H18F3N3O2S. The molecule has 3 rings (SSSR count). The maximum Gasteiger partial charge on any atom is 0.422 e. The molecule has 0 saturated carbocycles. The van der Waals surface area contributed by atoms with E-state index in [9.17, 15) is 18.0 Å². The molecule has 0 atom stereocenters. The van der Waals surface area contributed by atoms with Crippen molar-refractivity contribution in [3.05, 3.63) is 46.9 Å². The standard InChI is InChI=1S/C18H18F3N3O2S/c1-2-3-10-27-17-23-15-14(8-9-22-15)16(25)24(17)12-4-6-13(7-5-12)26-11-18(19,20)21/h4-9,22H,2-3,10-11H2,1H3. The molecule has 0 aliphatic rings. The van der Waals surface area contributed by atoms with Crippen LogP contribution in [0.2, 0.25) is 0 Å². The fourth-order valence-electron chi connectivity index (χ4n) is 2.47. The molecule has 144 valence electrons. The lowest BCUT2D eigenvalue weighted by molar-refractivity contribution is -0.153. The molecule has 0 spiro atoms. The SMILES string of the molecule is CCCCSc1nc2[nH]ccc2c(=O)n1-c1ccc(OCC(F)(F)F)cc1. The fourth-order valence-corrected chi connectivity index (χ4v) is 3.56. The van der Waals surface area contributed by atoms with E-state index in [2.05, 4.69) is 16.9 Å². The highest BCUT2D eigenvalue weighted by molar-refractivity contribution is 7.99. The highest BCUT2D eigenvalue weighted by Crippen LogP contribution is 2.24. The van der Waals surface area contributed by atoms with E-state index >= 15 is 0 Å². The van der Waals surface area contributed by atoms with Gasteiger partial charge in [-0.25, -0.2) is 4.98 Å². The molecule has 3 aromatic rings. The molecule has 1 aromatic carbocycles. The monoisotopic (exact) mass is 397 g/mol. The Morgan fingerprint density at radius 3 is 2.63 bits per heavy atom. The van der Waals surface area contributed by atoms with Crippen LogP contribution in [-0.2, 0) is 0 Å². The van der Waals surface area contributed by atoms with Crippen LogP contribution < -0.4 is 10.3 Å². The first kappa shape index (κ1) is 19.3. The molecular weight excluding hydrogens is 379 g/mol. The van der Waals surface area contributed by atoms with Gasteiger partial charge in [-0.05, 0) is 36.8 Å². The number of nitrogens with zero attached hydrogens (tertiary/aromatic N) is 2. The summed E-state index contributed by atoms with van der Waals surface area (Å²) < 4.78 is 43.0. The Morgan fingerprint density at radius 2 is 1.96 bits per heavy atom. The smallest absolute Gasteiger partial charge is 0.422 e. The lowest BCUT2D eigenvalue weighted by atomic mass is 10.3. The van der Waals surface area contributed by atoms with E-state index in [0.717, 1.165) is 18.6 Å². The minimum Gasteiger partial charge on any atom is -0.484 e. The number of benzene rings is 1. The summed E-state index contributed by atoms with van der Waals surface area (Å²) in [6, 6.07) is 7.58. The maximum atomic E-state index is 12.9. The first-order valence-corrected chi connectivity index (χ1v) is 9.40. The summed E-state index contributed by atoms with van der Waals surface area (Å²) in [5, 5.41) is 0.986. The molecule has 0 bridgehead atoms. The maximum absolute atomic E-state index is 12.9. The Morgan fingerprint density at radius 1 is 1.22 bits per heavy atom. The van der Waals surface area contributed by atoms with Gasteiger partial charge in [-0.1, -0.05) is 25.1 Å². The average Bonchev–Trinajstić information content (AvgIpc) is 3.09. The lowest BCUT2D eigenvalue weighted by Gasteiger charge is -2.13. The average molecular weight is 397 g/mol. The number of halogens is 3. The van der Waals surface area contributed by atoms with Crippen LogP contribution in [0.25, 0.3) is 16.7 Å². The molecule has 2 heterocycles. The summed E-state index contributed by atoms with van der Waals surface area (Å²) in [4.78, 5) is 20.4. The van der Waals surface area contributed by atoms with Crippen LogP contribution in [-0.4, -0.2) is 33.1 Å². The zero-order chi connectivity index (χ0) is 19.4. The molecule has 0 aliphatic carbocycles. The van der Waals surface area contributed by atoms with Crippen LogP contribution in [0.5, 0.6) is 5.75 Å². The molecule has 5 nitrogen and oxygen atoms in total. The van der Waals surface area contributed by atoms with Crippen molar-refractivity contribution < 1.29 is 17.9 Å². The van der Waals surface area contributed by atoms with Crippen LogP contribution in [0.15, 0.2) is 46.5 Å². The van der Waals surface area contributed by atoms with E-state index in [1.54, 1.807) is 24.4 Å². The van der Waals surface area contributed by atoms with Crippen molar-refractivity contribution >= 4 is 22.8 Å². The summed E-state index contributed by atoms with van der Waals surface area (Å²) in [5.41, 5.74) is 0.804. The summed E-state index contributed by atoms with van der Waals surface area (Å²) in [7, 11) is 0. The van der Waals surface area contributed by atoms with Gasteiger partial charge >= 0.3 is 6.18 Å². The Bertz CT molecular complexity index is 965. The van der Waals surface area contributed by atoms with E-state index in [1.165, 1.54) is 28.5 Å². The van der Waals surface area contributed by atoms with Crippen molar-refractivity contribution in [2.24, 2.45) is 0 Å². The highest BCUT2D eigenvalue weighted by atomic mass is 32.2. The molecule has 1 N–H and O–H groups in total. The minimum atomic E-state index is -4.40. The summed E-state index contributed by atoms with van der Waals surface area (Å²) in [6.45, 7) is 0.718. The predicted molar refractivity (Wildman–Crippen MR) is 98.9 cm³/mol. The highest BCUT2D eigenvalue weighted by Gasteiger charge is 2.28. The third-order valence-corrected chi connectivity index (χ3v) is 4.81. The number of nitrogens with one attached hydrogen (secondary N) is 1. The number of H-pyrrole nitrogens is 1. The number of rotatable bonds is 7. The van der Waals surface area contributed by atoms with Crippen LogP contribution in [0, 0.1) is 0 Å². The van der Waals surface area contributed by atoms with Crippen LogP contribution in [0.4, 0.5) is 13.2 Å². The van der Waals surface area contributed by atoms with Gasteiger partial charge in [0.25, 0.3) is 5.56 Å². The van der Waals surface area contributed by atoms with Crippen molar-refractivity contribution in [3.63, 3.8) is 0 Å². The van der Waals surface area contributed by atoms with E-state index in [1.807, 2.05) is 0 Å². The van der Waals surface area contributed by atoms with E-state index in [-0.39, 0.29) is 11.3 Å². The second-order valence-electron chi connectivity index (χ2n) is 5.87. The second-order valence-corrected chi connectivity index (χ2v) is 6.94. The van der Waals surface area contributed by atoms with Gasteiger partial charge in [0.05, 0.1) is 11.1 Å². The van der Waals surface area contributed by atoms with Crippen molar-refractivity contribution in [3.8, 4) is 11.4 Å². The quantitative estimate of drug-likeness (QED) is 0.361. The number of alkyl halides is 3. The number of hydrogen-bond donors (Lipinski definition) is 1. The Kier molecular flexibility index (Phi) is 5.79. The second kappa shape index (κ2) is 8.08. The van der Waals surface area contributed by atoms with Crippen LogP contribution >= 0.6 is 11.8 Å². The summed E-state index contributed by atoms with van der Waals surface area (Å²) in [5.74, 6) is 0.891. The predicted octanol–water partition coefficient (Wildman–Crippen LogP) is 4.55. The minimum absolute atomic E-state index is 0.0833. The van der Waals surface area contributed by atoms with Crippen LogP contribution in [0.3, 0.4) is 0 Å². The van der Waals surface area contributed by atoms with Gasteiger partial charge in [-0.2, -0.15) is 13.2 Å². The van der Waals surface area contributed by atoms with Gasteiger partial charge in [-0.15, -0.1) is 0 Å². The zero-order valence-electron chi connectivity index (χ0n) is 14.5. The van der Waals surface area contributed by atoms with Gasteiger partial charge in [0.15, 0.2) is 11.8 Å². The summed E-state index contributed by atoms with van der Waals surface area (Å²) in [6.07, 6.45) is -0.749. The van der Waals surface area contributed by atoms with Gasteiger partial charge in [0.1, 0.15) is 11.4 Å². The van der Waals surface area contributed by atoms with Gasteiger partial charge in [-0.3, -0.25) is 9.36 Å². The van der Waals surface area contributed by atoms with Crippen LogP contribution in [0.1, 0.15) is 19.8 Å². The summed E-state index contributed by atoms with van der Waals surface area (Å²) >= 11 is 1.47. The number of fused-ring (bicyclic) bond motifs is 1. The number of thioether (sulfide) groups is 1. The molecule has 2 aromatic heterocycles. The van der Waals surface area contributed by atoms with E-state index in [4.69, 9.17) is 4.74 Å². The molecule has 0 amide bonds. The number of unbranched alkanes of at least 4 members (excludes halogenated alkanes) is 1. The third kappa shape index (κ3) is 4.65. The van der Waals surface area contributed by atoms with Gasteiger partial charge < -0.3 is 9.72 Å². The fraction of sp³-hybridized carbons (Fsp3) is 0.333. The van der Waals surface area contributed by atoms with Gasteiger partial charge in [0.2, 0.25) is 0 Å². The number of hydrogen-bond acceptors (Lipinski definition) is 4. The molecule has 0 saturated heterocycles. The van der Waals surface area contributed by atoms with Gasteiger partial charge in [0, 0.05) is 11.9 Å². The molecule has 0 unspecified atom stereocenters. The number of aromatic amines is 1. The first-order chi connectivity index (χ1) is 12.9. The molecule has 0 fully saturated rings. The van der Waals surface area contributed by atoms with E-state index < -0.39 is 12.8 Å². The molecule has 0 aliphatic heterocycles. The Balaban J connectivity index is 1.95. The number of ether oxygens (including phenoxy) is 1. The first-order valence-electron chi connectivity index (χ1n) is 8.42. The molecule has 27 heavy (non-hydrogen) atoms. The normalized spacial score (nSPS) is 11.9. The topological polar surface area (TPSA) is 59.9 Å². The molecule has 0 radical (unpaired) electrons. The largest absolute Gasteiger partial charge is 0.484 e. The van der Waals surface area contributed by atoms with Crippen molar-refractivity contribution in [2.75, 3.05) is 12.4 Å². The van der Waals surface area contributed by atoms with E-state index in [0.29, 0.717) is 21.9 Å². The molecule has 9 heteroatoms. The van der Waals surface area contributed by atoms with Crippen molar-refractivity contribution in [2.45, 2.75) is 31.1 Å². The Labute approximate surface area is 157 Å². The number of aromatic nitrogens is 3. The van der Waals surface area contributed by atoms with Crippen molar-refractivity contribution in [1.82, 2.24) is 14.5 Å². The lowest BCUT2D eigenvalue weighted by Crippen LogP contribution is -2.21. The zero-order valence-corrected chi connectivity index (χ0v) is 15.4. The third-order valence-electron chi connectivity index (χ3n) is 3.78.